The third-order valence-corrected chi connectivity index (χ3v) is 1.13. The van der Waals surface area contributed by atoms with Crippen molar-refractivity contribution in [3.05, 3.63) is 12.2 Å². The van der Waals surface area contributed by atoms with Crippen LogP contribution in [0.25, 0.3) is 0 Å². The van der Waals surface area contributed by atoms with Gasteiger partial charge in [0.1, 0.15) is 0 Å². The second kappa shape index (κ2) is 4.91. The predicted molar refractivity (Wildman–Crippen MR) is 46.1 cm³/mol. The molecule has 0 aromatic heterocycles. The van der Waals surface area contributed by atoms with Gasteiger partial charge in [0.25, 0.3) is 0 Å². The number of aliphatic imine (C=N–C) groups is 1. The Balaban J connectivity index is 3.78. The fraction of sp³-hybridized carbons (Fsp3) is 0.500. The average Bonchev–Trinajstić information content (AvgIpc) is 1.88. The third-order valence-electron chi connectivity index (χ3n) is 1.13. The van der Waals surface area contributed by atoms with Crippen LogP contribution in [0, 0.1) is 11.3 Å². The van der Waals surface area contributed by atoms with Crippen LogP contribution in [-0.2, 0) is 0 Å². The molecule has 0 aromatic rings. The molecule has 0 aliphatic carbocycles. The molecule has 0 fully saturated rings. The molecule has 0 aromatic carbocycles. The summed E-state index contributed by atoms with van der Waals surface area (Å²) in [6.45, 7) is 3.99. The molecule has 0 heterocycles. The molecular weight excluding hydrogens is 124 g/mol. The largest absolute Gasteiger partial charge is 0.305 e. The summed E-state index contributed by atoms with van der Waals surface area (Å²) in [6.07, 6.45) is 5.22. The molecule has 0 bridgehead atoms. The van der Waals surface area contributed by atoms with Gasteiger partial charge in [0.2, 0.25) is 0 Å². The summed E-state index contributed by atoms with van der Waals surface area (Å²) >= 11 is 0. The molecule has 0 aliphatic rings. The quantitative estimate of drug-likeness (QED) is 0.578. The fourth-order valence-corrected chi connectivity index (χ4v) is 0.425. The molecule has 0 saturated carbocycles. The van der Waals surface area contributed by atoms with Crippen LogP contribution in [-0.4, -0.2) is 19.0 Å². The maximum atomic E-state index is 7.37. The van der Waals surface area contributed by atoms with Gasteiger partial charge in [-0.2, -0.15) is 0 Å². The average molecular weight is 138 g/mol. The first-order valence-electron chi connectivity index (χ1n) is 3.35. The van der Waals surface area contributed by atoms with Crippen molar-refractivity contribution >= 4 is 11.9 Å². The first-order chi connectivity index (χ1) is 4.68. The zero-order chi connectivity index (χ0) is 7.98. The van der Waals surface area contributed by atoms with Gasteiger partial charge < -0.3 is 5.41 Å². The molecule has 0 rings (SSSR count). The summed E-state index contributed by atoms with van der Waals surface area (Å²) in [5, 5.41) is 7.37. The molecule has 0 atom stereocenters. The van der Waals surface area contributed by atoms with E-state index in [0.29, 0.717) is 11.6 Å². The number of nitrogens with one attached hydrogen (secondary N) is 1. The molecule has 0 amide bonds. The third kappa shape index (κ3) is 4.01. The Bertz CT molecular complexity index is 155. The van der Waals surface area contributed by atoms with E-state index in [1.807, 2.05) is 13.8 Å². The summed E-state index contributed by atoms with van der Waals surface area (Å²) in [7, 11) is 1.71. The lowest BCUT2D eigenvalue weighted by atomic mass is 10.1. The minimum absolute atomic E-state index is 0.307. The monoisotopic (exact) mass is 138 g/mol. The SMILES string of the molecule is C/N=C/C=C\C(=N)C(C)C. The van der Waals surface area contributed by atoms with Gasteiger partial charge >= 0.3 is 0 Å². The van der Waals surface area contributed by atoms with Crippen LogP contribution in [0.15, 0.2) is 17.1 Å². The maximum absolute atomic E-state index is 7.37. The van der Waals surface area contributed by atoms with Gasteiger partial charge in [-0.05, 0) is 18.1 Å². The minimum Gasteiger partial charge on any atom is -0.305 e. The zero-order valence-electron chi connectivity index (χ0n) is 6.76. The van der Waals surface area contributed by atoms with Crippen molar-refractivity contribution in [3.63, 3.8) is 0 Å². The van der Waals surface area contributed by atoms with Crippen LogP contribution in [0.2, 0.25) is 0 Å². The first-order valence-corrected chi connectivity index (χ1v) is 3.35. The van der Waals surface area contributed by atoms with Crippen LogP contribution in [0.3, 0.4) is 0 Å². The summed E-state index contributed by atoms with van der Waals surface area (Å²) in [6, 6.07) is 0. The number of allylic oxidation sites excluding steroid dienone is 2. The molecule has 2 nitrogen and oxygen atoms in total. The Morgan fingerprint density at radius 1 is 1.50 bits per heavy atom. The van der Waals surface area contributed by atoms with Gasteiger partial charge in [0.05, 0.1) is 0 Å². The van der Waals surface area contributed by atoms with Gasteiger partial charge in [-0.25, -0.2) is 0 Å². The van der Waals surface area contributed by atoms with E-state index in [9.17, 15) is 0 Å². The van der Waals surface area contributed by atoms with Crippen LogP contribution in [0.1, 0.15) is 13.8 Å². The van der Waals surface area contributed by atoms with E-state index in [0.717, 1.165) is 0 Å². The van der Waals surface area contributed by atoms with Crippen LogP contribution in [0.5, 0.6) is 0 Å². The van der Waals surface area contributed by atoms with Crippen molar-refractivity contribution in [2.45, 2.75) is 13.8 Å². The Labute approximate surface area is 62.2 Å². The maximum Gasteiger partial charge on any atom is 0.0339 e. The van der Waals surface area contributed by atoms with E-state index in [4.69, 9.17) is 5.41 Å². The summed E-state index contributed by atoms with van der Waals surface area (Å²) in [5.74, 6) is 0.307. The molecule has 0 radical (unpaired) electrons. The Hall–Kier alpha value is -0.920. The second-order valence-corrected chi connectivity index (χ2v) is 2.38. The lowest BCUT2D eigenvalue weighted by Crippen LogP contribution is -2.00. The number of hydrogen-bond donors (Lipinski definition) is 1. The Morgan fingerprint density at radius 2 is 2.10 bits per heavy atom. The van der Waals surface area contributed by atoms with Gasteiger partial charge in [-0.15, -0.1) is 0 Å². The molecule has 2 heteroatoms. The van der Waals surface area contributed by atoms with E-state index in [2.05, 4.69) is 4.99 Å². The molecule has 1 N–H and O–H groups in total. The lowest BCUT2D eigenvalue weighted by molar-refractivity contribution is 0.882. The predicted octanol–water partition coefficient (Wildman–Crippen LogP) is 1.92. The molecule has 0 unspecified atom stereocenters. The Kier molecular flexibility index (Phi) is 4.46. The van der Waals surface area contributed by atoms with E-state index in [1.54, 1.807) is 25.4 Å². The summed E-state index contributed by atoms with van der Waals surface area (Å²) in [5.41, 5.74) is 0.639. The van der Waals surface area contributed by atoms with Gasteiger partial charge in [0.15, 0.2) is 0 Å². The zero-order valence-corrected chi connectivity index (χ0v) is 6.76. The molecule has 10 heavy (non-hydrogen) atoms. The van der Waals surface area contributed by atoms with Crippen molar-refractivity contribution in [1.29, 1.82) is 5.41 Å². The van der Waals surface area contributed by atoms with E-state index in [-0.39, 0.29) is 0 Å². The first kappa shape index (κ1) is 9.08. The standard InChI is InChI=1S/C8H14N2/c1-7(2)8(9)5-4-6-10-3/h4-7,9H,1-3H3/b5-4-,9-8?,10-6+. The highest BCUT2D eigenvalue weighted by Gasteiger charge is 1.94. The molecular formula is C8H14N2. The van der Waals surface area contributed by atoms with Gasteiger partial charge in [0, 0.05) is 19.0 Å². The van der Waals surface area contributed by atoms with Crippen molar-refractivity contribution < 1.29 is 0 Å². The minimum atomic E-state index is 0.307. The van der Waals surface area contributed by atoms with Crippen molar-refractivity contribution in [1.82, 2.24) is 0 Å². The normalized spacial score (nSPS) is 12.0. The molecule has 0 spiro atoms. The number of nitrogens with zero attached hydrogens (tertiary/aromatic N) is 1. The van der Waals surface area contributed by atoms with E-state index < -0.39 is 0 Å². The van der Waals surface area contributed by atoms with Crippen molar-refractivity contribution in [2.75, 3.05) is 7.05 Å². The van der Waals surface area contributed by atoms with Crippen molar-refractivity contribution in [3.8, 4) is 0 Å². The molecule has 0 saturated heterocycles. The Morgan fingerprint density at radius 3 is 2.50 bits per heavy atom. The van der Waals surface area contributed by atoms with Gasteiger partial charge in [-0.1, -0.05) is 13.8 Å². The van der Waals surface area contributed by atoms with E-state index in [1.165, 1.54) is 0 Å². The smallest absolute Gasteiger partial charge is 0.0339 e. The van der Waals surface area contributed by atoms with Crippen LogP contribution < -0.4 is 0 Å². The number of hydrogen-bond acceptors (Lipinski definition) is 2. The highest BCUT2D eigenvalue weighted by atomic mass is 14.6. The number of rotatable bonds is 3. The van der Waals surface area contributed by atoms with Crippen molar-refractivity contribution in [2.24, 2.45) is 10.9 Å². The topological polar surface area (TPSA) is 36.2 Å². The van der Waals surface area contributed by atoms with Crippen LogP contribution >= 0.6 is 0 Å². The van der Waals surface area contributed by atoms with E-state index >= 15 is 0 Å². The summed E-state index contributed by atoms with van der Waals surface area (Å²) in [4.78, 5) is 3.76. The fourth-order valence-electron chi connectivity index (χ4n) is 0.425. The van der Waals surface area contributed by atoms with Crippen LogP contribution in [0.4, 0.5) is 0 Å². The van der Waals surface area contributed by atoms with Gasteiger partial charge in [-0.3, -0.25) is 4.99 Å². The lowest BCUT2D eigenvalue weighted by Gasteiger charge is -1.98. The second-order valence-electron chi connectivity index (χ2n) is 2.38. The molecule has 0 aliphatic heterocycles. The summed E-state index contributed by atoms with van der Waals surface area (Å²) < 4.78 is 0. The highest BCUT2D eigenvalue weighted by Crippen LogP contribution is 1.94. The molecule has 56 valence electrons. The highest BCUT2D eigenvalue weighted by molar-refractivity contribution is 5.96.